The average molecular weight is 221 g/mol. The van der Waals surface area contributed by atoms with Crippen molar-refractivity contribution in [2.75, 3.05) is 5.32 Å². The first kappa shape index (κ1) is 10.1. The monoisotopic (exact) mass is 221 g/mol. The van der Waals surface area contributed by atoms with Gasteiger partial charge in [0, 0.05) is 5.92 Å². The van der Waals surface area contributed by atoms with Crippen molar-refractivity contribution in [1.29, 1.82) is 5.26 Å². The molecule has 0 atom stereocenters. The molecule has 15 heavy (non-hydrogen) atoms. The first-order chi connectivity index (χ1) is 7.29. The summed E-state index contributed by atoms with van der Waals surface area (Å²) in [6.45, 7) is 0. The van der Waals surface area contributed by atoms with Crippen LogP contribution < -0.4 is 5.32 Å². The summed E-state index contributed by atoms with van der Waals surface area (Å²) in [6, 6.07) is 1.99. The fourth-order valence-corrected chi connectivity index (χ4v) is 2.40. The molecule has 0 radical (unpaired) electrons. The van der Waals surface area contributed by atoms with Gasteiger partial charge in [0.1, 0.15) is 10.9 Å². The minimum absolute atomic E-state index is 0.0475. The van der Waals surface area contributed by atoms with Gasteiger partial charge in [0.25, 0.3) is 0 Å². The van der Waals surface area contributed by atoms with Crippen LogP contribution >= 0.6 is 11.3 Å². The summed E-state index contributed by atoms with van der Waals surface area (Å²) in [4.78, 5) is 16.2. The lowest BCUT2D eigenvalue weighted by Gasteiger charge is -2.06. The lowest BCUT2D eigenvalue weighted by molar-refractivity contribution is -0.119. The second kappa shape index (κ2) is 4.41. The van der Waals surface area contributed by atoms with Gasteiger partial charge in [-0.25, -0.2) is 4.98 Å². The molecule has 78 valence electrons. The predicted molar refractivity (Wildman–Crippen MR) is 57.4 cm³/mol. The van der Waals surface area contributed by atoms with Crippen molar-refractivity contribution < 1.29 is 4.79 Å². The van der Waals surface area contributed by atoms with Gasteiger partial charge < -0.3 is 5.32 Å². The van der Waals surface area contributed by atoms with Crippen molar-refractivity contribution in [3.8, 4) is 6.07 Å². The van der Waals surface area contributed by atoms with Gasteiger partial charge in [-0.3, -0.25) is 4.79 Å². The molecule has 2 rings (SSSR count). The second-order valence-corrected chi connectivity index (χ2v) is 4.64. The molecular weight excluding hydrogens is 210 g/mol. The molecule has 0 unspecified atom stereocenters. The number of thiazole rings is 1. The average Bonchev–Trinajstić information content (AvgIpc) is 2.87. The number of amides is 1. The number of hydrogen-bond acceptors (Lipinski definition) is 4. The smallest absolute Gasteiger partial charge is 0.229 e. The van der Waals surface area contributed by atoms with E-state index in [1.807, 2.05) is 6.07 Å². The van der Waals surface area contributed by atoms with Gasteiger partial charge in [0.2, 0.25) is 5.91 Å². The highest BCUT2D eigenvalue weighted by atomic mass is 32.1. The summed E-state index contributed by atoms with van der Waals surface area (Å²) in [6.07, 6.45) is 5.71. The Morgan fingerprint density at radius 2 is 2.33 bits per heavy atom. The van der Waals surface area contributed by atoms with Gasteiger partial charge in [0.15, 0.2) is 5.13 Å². The van der Waals surface area contributed by atoms with E-state index in [4.69, 9.17) is 5.26 Å². The molecule has 5 heteroatoms. The molecule has 0 bridgehead atoms. The maximum Gasteiger partial charge on any atom is 0.229 e. The van der Waals surface area contributed by atoms with E-state index in [1.165, 1.54) is 17.5 Å². The lowest BCUT2D eigenvalue weighted by Crippen LogP contribution is -2.19. The highest BCUT2D eigenvalue weighted by molar-refractivity contribution is 7.16. The lowest BCUT2D eigenvalue weighted by atomic mass is 10.1. The van der Waals surface area contributed by atoms with E-state index in [2.05, 4.69) is 10.3 Å². The normalized spacial score (nSPS) is 16.2. The number of aromatic nitrogens is 1. The molecule has 1 heterocycles. The third kappa shape index (κ3) is 2.34. The number of carbonyl (C=O) groups excluding carboxylic acids is 1. The molecule has 1 aliphatic rings. The van der Waals surface area contributed by atoms with Crippen LogP contribution in [0.25, 0.3) is 0 Å². The SMILES string of the molecule is N#Cc1cnc(NC(=O)C2CCCC2)s1. The van der Waals surface area contributed by atoms with Crippen molar-refractivity contribution in [2.24, 2.45) is 5.92 Å². The summed E-state index contributed by atoms with van der Waals surface area (Å²) in [5.41, 5.74) is 0. The molecule has 0 aromatic carbocycles. The number of hydrogen-bond donors (Lipinski definition) is 1. The molecule has 1 aromatic heterocycles. The highest BCUT2D eigenvalue weighted by Gasteiger charge is 2.23. The molecule has 4 nitrogen and oxygen atoms in total. The molecule has 1 aromatic rings. The maximum atomic E-state index is 11.7. The van der Waals surface area contributed by atoms with E-state index in [1.54, 1.807) is 0 Å². The van der Waals surface area contributed by atoms with Crippen LogP contribution in [-0.4, -0.2) is 10.9 Å². The Kier molecular flexibility index (Phi) is 2.97. The molecule has 0 saturated heterocycles. The van der Waals surface area contributed by atoms with Crippen LogP contribution in [-0.2, 0) is 4.79 Å². The first-order valence-corrected chi connectivity index (χ1v) is 5.78. The third-order valence-corrected chi connectivity index (χ3v) is 3.39. The van der Waals surface area contributed by atoms with Crippen LogP contribution in [0, 0.1) is 17.2 Å². The van der Waals surface area contributed by atoms with Gasteiger partial charge in [-0.15, -0.1) is 0 Å². The van der Waals surface area contributed by atoms with Crippen LogP contribution in [0.3, 0.4) is 0 Å². The maximum absolute atomic E-state index is 11.7. The minimum atomic E-state index is 0.0475. The number of rotatable bonds is 2. The van der Waals surface area contributed by atoms with Gasteiger partial charge in [-0.05, 0) is 12.8 Å². The Morgan fingerprint density at radius 1 is 1.60 bits per heavy atom. The topological polar surface area (TPSA) is 65.8 Å². The van der Waals surface area contributed by atoms with Crippen LogP contribution in [0.15, 0.2) is 6.20 Å². The number of nitriles is 1. The fraction of sp³-hybridized carbons (Fsp3) is 0.500. The molecule has 0 spiro atoms. The molecule has 1 amide bonds. The van der Waals surface area contributed by atoms with Crippen LogP contribution in [0.5, 0.6) is 0 Å². The number of carbonyl (C=O) groups is 1. The van der Waals surface area contributed by atoms with Gasteiger partial charge >= 0.3 is 0 Å². The van der Waals surface area contributed by atoms with Crippen LogP contribution in [0.2, 0.25) is 0 Å². The van der Waals surface area contributed by atoms with Gasteiger partial charge in [-0.1, -0.05) is 24.2 Å². The Balaban J connectivity index is 1.96. The van der Waals surface area contributed by atoms with E-state index >= 15 is 0 Å². The zero-order valence-corrected chi connectivity index (χ0v) is 9.01. The van der Waals surface area contributed by atoms with E-state index in [0.717, 1.165) is 25.7 Å². The largest absolute Gasteiger partial charge is 0.302 e. The molecule has 0 aliphatic heterocycles. The number of nitrogens with zero attached hydrogens (tertiary/aromatic N) is 2. The first-order valence-electron chi connectivity index (χ1n) is 4.96. The van der Waals surface area contributed by atoms with Gasteiger partial charge in [0.05, 0.1) is 6.20 Å². The zero-order chi connectivity index (χ0) is 10.7. The van der Waals surface area contributed by atoms with E-state index < -0.39 is 0 Å². The minimum Gasteiger partial charge on any atom is -0.302 e. The summed E-state index contributed by atoms with van der Waals surface area (Å²) in [7, 11) is 0. The zero-order valence-electron chi connectivity index (χ0n) is 8.19. The van der Waals surface area contributed by atoms with E-state index in [9.17, 15) is 4.79 Å². The van der Waals surface area contributed by atoms with Crippen molar-refractivity contribution in [2.45, 2.75) is 25.7 Å². The Labute approximate surface area is 91.9 Å². The van der Waals surface area contributed by atoms with Crippen molar-refractivity contribution in [1.82, 2.24) is 4.98 Å². The van der Waals surface area contributed by atoms with E-state index in [-0.39, 0.29) is 11.8 Å². The Hall–Kier alpha value is -1.41. The highest BCUT2D eigenvalue weighted by Crippen LogP contribution is 2.26. The fourth-order valence-electron chi connectivity index (χ4n) is 1.78. The van der Waals surface area contributed by atoms with Crippen molar-refractivity contribution in [3.63, 3.8) is 0 Å². The number of anilines is 1. The summed E-state index contributed by atoms with van der Waals surface area (Å²) < 4.78 is 0. The molecule has 1 N–H and O–H groups in total. The summed E-state index contributed by atoms with van der Waals surface area (Å²) >= 11 is 1.22. The molecule has 1 fully saturated rings. The Bertz CT molecular complexity index is 401. The molecule has 1 aliphatic carbocycles. The summed E-state index contributed by atoms with van der Waals surface area (Å²) in [5, 5.41) is 11.9. The Morgan fingerprint density at radius 3 is 2.93 bits per heavy atom. The second-order valence-electron chi connectivity index (χ2n) is 3.61. The number of nitrogens with one attached hydrogen (secondary N) is 1. The standard InChI is InChI=1S/C10H11N3OS/c11-5-8-6-12-10(15-8)13-9(14)7-3-1-2-4-7/h6-7H,1-4H2,(H,12,13,14). The molecular formula is C10H11N3OS. The van der Waals surface area contributed by atoms with Crippen LogP contribution in [0.1, 0.15) is 30.6 Å². The third-order valence-electron chi connectivity index (χ3n) is 2.57. The molecule has 1 saturated carbocycles. The van der Waals surface area contributed by atoms with Crippen LogP contribution in [0.4, 0.5) is 5.13 Å². The van der Waals surface area contributed by atoms with Crippen molar-refractivity contribution in [3.05, 3.63) is 11.1 Å². The quantitative estimate of drug-likeness (QED) is 0.832. The van der Waals surface area contributed by atoms with Crippen molar-refractivity contribution >= 4 is 22.4 Å². The van der Waals surface area contributed by atoms with E-state index in [0.29, 0.717) is 10.0 Å². The predicted octanol–water partition coefficient (Wildman–Crippen LogP) is 2.14. The van der Waals surface area contributed by atoms with Gasteiger partial charge in [-0.2, -0.15) is 5.26 Å². The summed E-state index contributed by atoms with van der Waals surface area (Å²) in [5.74, 6) is 0.186.